The zero-order valence-corrected chi connectivity index (χ0v) is 16.6. The highest BCUT2D eigenvalue weighted by Gasteiger charge is 2.04. The molecule has 0 atom stereocenters. The molecule has 3 rings (SSSR count). The second-order valence-electron chi connectivity index (χ2n) is 6.47. The lowest BCUT2D eigenvalue weighted by Crippen LogP contribution is -2.21. The lowest BCUT2D eigenvalue weighted by atomic mass is 10.2. The summed E-state index contributed by atoms with van der Waals surface area (Å²) in [6.07, 6.45) is 0.867. The summed E-state index contributed by atoms with van der Waals surface area (Å²) >= 11 is 0. The molecule has 5 nitrogen and oxygen atoms in total. The highest BCUT2D eigenvalue weighted by atomic mass is 16.5. The Bertz CT molecular complexity index is 896. The number of carbonyl (C=O) groups excluding carboxylic acids is 1. The smallest absolute Gasteiger partial charge is 0.243 e. The first kappa shape index (κ1) is 20.3. The zero-order chi connectivity index (χ0) is 20.3. The van der Waals surface area contributed by atoms with Crippen LogP contribution in [0.1, 0.15) is 12.5 Å². The van der Waals surface area contributed by atoms with Crippen LogP contribution in [0.5, 0.6) is 11.5 Å². The van der Waals surface area contributed by atoms with Crippen molar-refractivity contribution in [1.29, 1.82) is 0 Å². The van der Waals surface area contributed by atoms with Gasteiger partial charge in [-0.25, -0.2) is 0 Å². The molecule has 5 heteroatoms. The number of hydrogen-bond donors (Lipinski definition) is 2. The molecule has 0 bridgehead atoms. The van der Waals surface area contributed by atoms with Crippen molar-refractivity contribution in [2.24, 2.45) is 0 Å². The van der Waals surface area contributed by atoms with Crippen LogP contribution in [0.25, 0.3) is 0 Å². The van der Waals surface area contributed by atoms with Gasteiger partial charge in [-0.2, -0.15) is 0 Å². The molecule has 3 aromatic carbocycles. The average molecular weight is 390 g/mol. The Hall–Kier alpha value is -3.47. The van der Waals surface area contributed by atoms with E-state index < -0.39 is 0 Å². The van der Waals surface area contributed by atoms with Crippen molar-refractivity contribution in [3.63, 3.8) is 0 Å². The van der Waals surface area contributed by atoms with E-state index in [1.807, 2.05) is 73.7 Å². The molecule has 0 aliphatic heterocycles. The summed E-state index contributed by atoms with van der Waals surface area (Å²) in [5.74, 6) is 1.42. The lowest BCUT2D eigenvalue weighted by Gasteiger charge is -2.10. The van der Waals surface area contributed by atoms with E-state index in [4.69, 9.17) is 9.47 Å². The monoisotopic (exact) mass is 390 g/mol. The summed E-state index contributed by atoms with van der Waals surface area (Å²) in [5, 5.41) is 5.97. The van der Waals surface area contributed by atoms with Crippen LogP contribution in [0.3, 0.4) is 0 Å². The molecule has 1 amide bonds. The third kappa shape index (κ3) is 6.88. The summed E-state index contributed by atoms with van der Waals surface area (Å²) in [4.78, 5) is 12.2. The van der Waals surface area contributed by atoms with Gasteiger partial charge in [-0.1, -0.05) is 36.4 Å². The fourth-order valence-corrected chi connectivity index (χ4v) is 2.82. The Kier molecular flexibility index (Phi) is 7.52. The maximum absolute atomic E-state index is 12.2. The third-order valence-electron chi connectivity index (χ3n) is 4.24. The van der Waals surface area contributed by atoms with Crippen molar-refractivity contribution >= 4 is 17.3 Å². The number of amides is 1. The van der Waals surface area contributed by atoms with Gasteiger partial charge in [0.25, 0.3) is 0 Å². The molecule has 0 radical (unpaired) electrons. The first-order valence-corrected chi connectivity index (χ1v) is 9.76. The van der Waals surface area contributed by atoms with Gasteiger partial charge in [0, 0.05) is 23.9 Å². The standard InChI is InChI=1S/C24H26N2O3/c1-2-28-23-10-6-9-21(17-23)26-24(27)18-25-20-11-13-22(14-12-20)29-16-15-19-7-4-3-5-8-19/h3-14,17,25H,2,15-16,18H2,1H3,(H,26,27). The number of ether oxygens (including phenoxy) is 2. The van der Waals surface area contributed by atoms with Crippen LogP contribution in [-0.2, 0) is 11.2 Å². The van der Waals surface area contributed by atoms with E-state index in [9.17, 15) is 4.79 Å². The molecule has 0 heterocycles. The molecule has 29 heavy (non-hydrogen) atoms. The summed E-state index contributed by atoms with van der Waals surface area (Å²) in [6.45, 7) is 3.31. The maximum atomic E-state index is 12.2. The van der Waals surface area contributed by atoms with Gasteiger partial charge in [-0.05, 0) is 48.9 Å². The van der Waals surface area contributed by atoms with Crippen LogP contribution in [0.4, 0.5) is 11.4 Å². The van der Waals surface area contributed by atoms with E-state index in [-0.39, 0.29) is 12.5 Å². The van der Waals surface area contributed by atoms with Crippen molar-refractivity contribution in [3.8, 4) is 11.5 Å². The number of rotatable bonds is 10. The van der Waals surface area contributed by atoms with Gasteiger partial charge in [-0.15, -0.1) is 0 Å². The van der Waals surface area contributed by atoms with Crippen LogP contribution in [0, 0.1) is 0 Å². The van der Waals surface area contributed by atoms with E-state index in [0.29, 0.717) is 18.9 Å². The van der Waals surface area contributed by atoms with Gasteiger partial charge in [0.2, 0.25) is 5.91 Å². The summed E-state index contributed by atoms with van der Waals surface area (Å²) in [7, 11) is 0. The minimum atomic E-state index is -0.123. The molecule has 150 valence electrons. The summed E-state index contributed by atoms with van der Waals surface area (Å²) in [6, 6.07) is 25.2. The number of anilines is 2. The Morgan fingerprint density at radius 3 is 2.38 bits per heavy atom. The first-order chi connectivity index (χ1) is 14.2. The largest absolute Gasteiger partial charge is 0.494 e. The topological polar surface area (TPSA) is 59.6 Å². The molecule has 0 aromatic heterocycles. The molecule has 0 aliphatic rings. The lowest BCUT2D eigenvalue weighted by molar-refractivity contribution is -0.114. The SMILES string of the molecule is CCOc1cccc(NC(=O)CNc2ccc(OCCc3ccccc3)cc2)c1. The molecule has 3 aromatic rings. The maximum Gasteiger partial charge on any atom is 0.243 e. The Morgan fingerprint density at radius 1 is 0.828 bits per heavy atom. The van der Waals surface area contributed by atoms with Crippen LogP contribution < -0.4 is 20.1 Å². The molecule has 0 unspecified atom stereocenters. The van der Waals surface area contributed by atoms with Gasteiger partial charge in [0.1, 0.15) is 11.5 Å². The molecule has 0 saturated heterocycles. The Labute approximate surface area is 171 Å². The quantitative estimate of drug-likeness (QED) is 0.524. The van der Waals surface area contributed by atoms with Gasteiger partial charge in [0.15, 0.2) is 0 Å². The molecular formula is C24H26N2O3. The van der Waals surface area contributed by atoms with E-state index in [1.165, 1.54) is 5.56 Å². The van der Waals surface area contributed by atoms with Gasteiger partial charge in [0.05, 0.1) is 19.8 Å². The molecule has 0 saturated carbocycles. The average Bonchev–Trinajstić information content (AvgIpc) is 2.74. The summed E-state index contributed by atoms with van der Waals surface area (Å²) < 4.78 is 11.2. The van der Waals surface area contributed by atoms with E-state index in [0.717, 1.165) is 23.6 Å². The van der Waals surface area contributed by atoms with Gasteiger partial charge < -0.3 is 20.1 Å². The second kappa shape index (κ2) is 10.8. The van der Waals surface area contributed by atoms with Crippen molar-refractivity contribution in [1.82, 2.24) is 0 Å². The highest BCUT2D eigenvalue weighted by molar-refractivity contribution is 5.93. The number of carbonyl (C=O) groups is 1. The fraction of sp³-hybridized carbons (Fsp3) is 0.208. The van der Waals surface area contributed by atoms with Crippen LogP contribution >= 0.6 is 0 Å². The fourth-order valence-electron chi connectivity index (χ4n) is 2.82. The summed E-state index contributed by atoms with van der Waals surface area (Å²) in [5.41, 5.74) is 2.83. The number of nitrogens with one attached hydrogen (secondary N) is 2. The second-order valence-corrected chi connectivity index (χ2v) is 6.47. The minimum Gasteiger partial charge on any atom is -0.494 e. The van der Waals surface area contributed by atoms with Crippen LogP contribution in [0.15, 0.2) is 78.9 Å². The Morgan fingerprint density at radius 2 is 1.62 bits per heavy atom. The van der Waals surface area contributed by atoms with Gasteiger partial charge >= 0.3 is 0 Å². The molecule has 0 fully saturated rings. The van der Waals surface area contributed by atoms with E-state index in [1.54, 1.807) is 0 Å². The number of hydrogen-bond acceptors (Lipinski definition) is 4. The third-order valence-corrected chi connectivity index (χ3v) is 4.24. The van der Waals surface area contributed by atoms with Crippen LogP contribution in [-0.4, -0.2) is 25.7 Å². The van der Waals surface area contributed by atoms with E-state index >= 15 is 0 Å². The highest BCUT2D eigenvalue weighted by Crippen LogP contribution is 2.18. The molecule has 0 aliphatic carbocycles. The first-order valence-electron chi connectivity index (χ1n) is 9.76. The molecular weight excluding hydrogens is 364 g/mol. The molecule has 2 N–H and O–H groups in total. The van der Waals surface area contributed by atoms with E-state index in [2.05, 4.69) is 22.8 Å². The van der Waals surface area contributed by atoms with Crippen molar-refractivity contribution in [2.75, 3.05) is 30.4 Å². The van der Waals surface area contributed by atoms with Gasteiger partial charge in [-0.3, -0.25) is 4.79 Å². The number of benzene rings is 3. The Balaban J connectivity index is 1.41. The predicted octanol–water partition coefficient (Wildman–Crippen LogP) is 4.76. The van der Waals surface area contributed by atoms with Crippen molar-refractivity contribution in [2.45, 2.75) is 13.3 Å². The zero-order valence-electron chi connectivity index (χ0n) is 16.6. The van der Waals surface area contributed by atoms with Crippen molar-refractivity contribution < 1.29 is 14.3 Å². The predicted molar refractivity (Wildman–Crippen MR) is 117 cm³/mol. The van der Waals surface area contributed by atoms with Crippen LogP contribution in [0.2, 0.25) is 0 Å². The minimum absolute atomic E-state index is 0.123. The normalized spacial score (nSPS) is 10.2. The van der Waals surface area contributed by atoms with Crippen molar-refractivity contribution in [3.05, 3.63) is 84.4 Å². The molecule has 0 spiro atoms.